The molecule has 2 bridgehead atoms. The number of nitrogens with zero attached hydrogens (tertiary/aromatic N) is 2. The van der Waals surface area contributed by atoms with Gasteiger partial charge in [0, 0.05) is 39.5 Å². The lowest BCUT2D eigenvalue weighted by molar-refractivity contribution is -0.000874. The Kier molecular flexibility index (Phi) is 5.88. The van der Waals surface area contributed by atoms with Gasteiger partial charge in [0.15, 0.2) is 11.6 Å². The number of hydrogen-bond acceptors (Lipinski definition) is 4. The zero-order valence-corrected chi connectivity index (χ0v) is 20.3. The molecular weight excluding hydrogens is 502 g/mol. The number of rotatable bonds is 4. The van der Waals surface area contributed by atoms with E-state index in [4.69, 9.17) is 9.72 Å². The van der Waals surface area contributed by atoms with E-state index in [-0.39, 0.29) is 23.6 Å². The topological polar surface area (TPSA) is 45.6 Å². The van der Waals surface area contributed by atoms with Crippen molar-refractivity contribution in [3.63, 3.8) is 0 Å². The maximum atomic E-state index is 15.3. The fraction of sp³-hybridized carbons (Fsp3) is 0.222. The minimum atomic E-state index is -1.77. The number of halogens is 3. The molecule has 4 nitrogen and oxygen atoms in total. The molecule has 0 saturated heterocycles. The summed E-state index contributed by atoms with van der Waals surface area (Å²) in [6.07, 6.45) is 0.162. The van der Waals surface area contributed by atoms with Crippen LogP contribution in [0.2, 0.25) is 0 Å². The standard InChI is InChI=1S/C27H23BrF2N2O2/c1-32(2)11-10-27(33)21-14-19(15-22(29)25(21)30)34-26-20(24(27)16-6-4-3-5-7-16)13-17-12-18(28)8-9-23(17)31-26/h3-9,12-15,24,33H,10-11H2,1-2H3. The van der Waals surface area contributed by atoms with E-state index >= 15 is 4.39 Å². The van der Waals surface area contributed by atoms with Gasteiger partial charge >= 0.3 is 0 Å². The molecule has 1 aliphatic rings. The Bertz CT molecular complexity index is 1380. The lowest BCUT2D eigenvalue weighted by Gasteiger charge is -2.40. The van der Waals surface area contributed by atoms with Crippen molar-refractivity contribution in [2.75, 3.05) is 20.6 Å². The third-order valence-corrected chi connectivity index (χ3v) is 6.81. The number of aromatic nitrogens is 1. The van der Waals surface area contributed by atoms with Crippen LogP contribution in [0, 0.1) is 11.6 Å². The summed E-state index contributed by atoms with van der Waals surface area (Å²) in [6.45, 7) is 0.452. The summed E-state index contributed by atoms with van der Waals surface area (Å²) in [5.74, 6) is -2.56. The van der Waals surface area contributed by atoms with E-state index in [2.05, 4.69) is 15.9 Å². The van der Waals surface area contributed by atoms with Crippen molar-refractivity contribution in [2.24, 2.45) is 0 Å². The van der Waals surface area contributed by atoms with Crippen LogP contribution in [0.1, 0.15) is 29.0 Å². The monoisotopic (exact) mass is 524 g/mol. The van der Waals surface area contributed by atoms with Crippen LogP contribution in [0.25, 0.3) is 10.9 Å². The van der Waals surface area contributed by atoms with Gasteiger partial charge in [-0.2, -0.15) is 0 Å². The Hall–Kier alpha value is -2.87. The first-order chi connectivity index (χ1) is 16.3. The lowest BCUT2D eigenvalue weighted by Crippen LogP contribution is -2.39. The van der Waals surface area contributed by atoms with Crippen molar-refractivity contribution in [3.05, 3.63) is 99.5 Å². The van der Waals surface area contributed by atoms with E-state index in [9.17, 15) is 9.50 Å². The summed E-state index contributed by atoms with van der Waals surface area (Å²) in [5, 5.41) is 13.2. The highest BCUT2D eigenvalue weighted by Gasteiger charge is 2.46. The number of fused-ring (bicyclic) bond motifs is 4. The van der Waals surface area contributed by atoms with Gasteiger partial charge < -0.3 is 14.7 Å². The molecule has 2 heterocycles. The van der Waals surface area contributed by atoms with E-state index in [1.54, 1.807) is 0 Å². The predicted octanol–water partition coefficient (Wildman–Crippen LogP) is 6.35. The number of aliphatic hydroxyl groups is 1. The van der Waals surface area contributed by atoms with Crippen LogP contribution in [0.5, 0.6) is 11.6 Å². The molecule has 1 N–H and O–H groups in total. The molecule has 0 amide bonds. The van der Waals surface area contributed by atoms with Gasteiger partial charge in [-0.25, -0.2) is 13.8 Å². The molecule has 7 heteroatoms. The third kappa shape index (κ3) is 3.98. The van der Waals surface area contributed by atoms with Crippen LogP contribution in [0.15, 0.2) is 71.2 Å². The van der Waals surface area contributed by atoms with Crippen LogP contribution >= 0.6 is 15.9 Å². The highest BCUT2D eigenvalue weighted by atomic mass is 79.9. The van der Waals surface area contributed by atoms with Gasteiger partial charge in [0.1, 0.15) is 11.4 Å². The molecule has 0 fully saturated rings. The molecule has 2 atom stereocenters. The van der Waals surface area contributed by atoms with Gasteiger partial charge in [-0.05, 0) is 56.4 Å². The van der Waals surface area contributed by atoms with Crippen molar-refractivity contribution >= 4 is 26.8 Å². The first-order valence-corrected chi connectivity index (χ1v) is 11.8. The van der Waals surface area contributed by atoms with Crippen molar-refractivity contribution in [1.82, 2.24) is 9.88 Å². The molecule has 1 aromatic heterocycles. The summed E-state index contributed by atoms with van der Waals surface area (Å²) in [4.78, 5) is 6.63. The van der Waals surface area contributed by atoms with Crippen LogP contribution in [-0.4, -0.2) is 35.6 Å². The summed E-state index contributed by atoms with van der Waals surface area (Å²) < 4.78 is 36.9. The number of benzene rings is 3. The largest absolute Gasteiger partial charge is 0.439 e. The number of hydrogen-bond donors (Lipinski definition) is 1. The predicted molar refractivity (Wildman–Crippen MR) is 131 cm³/mol. The summed E-state index contributed by atoms with van der Waals surface area (Å²) >= 11 is 3.50. The Morgan fingerprint density at radius 2 is 1.82 bits per heavy atom. The molecule has 1 aliphatic heterocycles. The second-order valence-electron chi connectivity index (χ2n) is 8.91. The minimum absolute atomic E-state index is 0.0916. The van der Waals surface area contributed by atoms with Crippen LogP contribution in [0.3, 0.4) is 0 Å². The van der Waals surface area contributed by atoms with E-state index < -0.39 is 23.2 Å². The fourth-order valence-corrected chi connectivity index (χ4v) is 5.05. The van der Waals surface area contributed by atoms with Crippen LogP contribution in [-0.2, 0) is 5.60 Å². The fourth-order valence-electron chi connectivity index (χ4n) is 4.67. The van der Waals surface area contributed by atoms with Crippen molar-refractivity contribution in [1.29, 1.82) is 0 Å². The minimum Gasteiger partial charge on any atom is -0.439 e. The first kappa shape index (κ1) is 22.9. The highest BCUT2D eigenvalue weighted by molar-refractivity contribution is 9.10. The smallest absolute Gasteiger partial charge is 0.223 e. The van der Waals surface area contributed by atoms with Gasteiger partial charge in [0.2, 0.25) is 5.88 Å². The van der Waals surface area contributed by atoms with Gasteiger partial charge in [-0.3, -0.25) is 0 Å². The molecule has 0 radical (unpaired) electrons. The Morgan fingerprint density at radius 3 is 2.56 bits per heavy atom. The maximum absolute atomic E-state index is 15.3. The number of ether oxygens (including phenoxy) is 1. The molecule has 3 aromatic carbocycles. The zero-order chi connectivity index (χ0) is 24.0. The summed E-state index contributed by atoms with van der Waals surface area (Å²) in [5.41, 5.74) is 0.139. The molecule has 2 unspecified atom stereocenters. The molecule has 4 aromatic rings. The summed E-state index contributed by atoms with van der Waals surface area (Å²) in [6, 6.07) is 19.3. The van der Waals surface area contributed by atoms with Gasteiger partial charge in [-0.1, -0.05) is 46.3 Å². The first-order valence-electron chi connectivity index (χ1n) is 11.0. The summed E-state index contributed by atoms with van der Waals surface area (Å²) in [7, 11) is 3.75. The second-order valence-corrected chi connectivity index (χ2v) is 9.83. The normalized spacial score (nSPS) is 19.4. The SMILES string of the molecule is CN(C)CCC1(O)c2cc(cc(F)c2F)Oc2nc3ccc(Br)cc3cc2C1c1ccccc1. The Labute approximate surface area is 204 Å². The van der Waals surface area contributed by atoms with Crippen molar-refractivity contribution in [3.8, 4) is 11.6 Å². The molecule has 34 heavy (non-hydrogen) atoms. The molecule has 0 aliphatic carbocycles. The molecule has 5 rings (SSSR count). The number of pyridine rings is 1. The average Bonchev–Trinajstić information content (AvgIpc) is 2.80. The van der Waals surface area contributed by atoms with Crippen molar-refractivity contribution < 1.29 is 18.6 Å². The molecule has 174 valence electrons. The Balaban J connectivity index is 1.87. The quantitative estimate of drug-likeness (QED) is 0.337. The lowest BCUT2D eigenvalue weighted by atomic mass is 9.71. The van der Waals surface area contributed by atoms with Gasteiger partial charge in [0.05, 0.1) is 5.52 Å². The highest BCUT2D eigenvalue weighted by Crippen LogP contribution is 2.51. The van der Waals surface area contributed by atoms with E-state index in [1.165, 1.54) is 6.07 Å². The molecular formula is C27H23BrF2N2O2. The average molecular weight is 525 g/mol. The van der Waals surface area contributed by atoms with E-state index in [1.807, 2.05) is 73.6 Å². The zero-order valence-electron chi connectivity index (χ0n) is 18.7. The second kappa shape index (κ2) is 8.73. The van der Waals surface area contributed by atoms with E-state index in [0.29, 0.717) is 17.6 Å². The maximum Gasteiger partial charge on any atom is 0.223 e. The third-order valence-electron chi connectivity index (χ3n) is 6.31. The van der Waals surface area contributed by atoms with E-state index in [0.717, 1.165) is 21.5 Å². The van der Waals surface area contributed by atoms with Crippen molar-refractivity contribution in [2.45, 2.75) is 17.9 Å². The molecule has 0 saturated carbocycles. The molecule has 0 spiro atoms. The van der Waals surface area contributed by atoms with Gasteiger partial charge in [0.25, 0.3) is 0 Å². The van der Waals surface area contributed by atoms with Gasteiger partial charge in [-0.15, -0.1) is 0 Å². The van der Waals surface area contributed by atoms with Crippen LogP contribution < -0.4 is 4.74 Å². The van der Waals surface area contributed by atoms with Crippen LogP contribution in [0.4, 0.5) is 8.78 Å². The Morgan fingerprint density at radius 1 is 1.06 bits per heavy atom.